The maximum absolute atomic E-state index is 13.6. The standard InChI is InChI=1S/C12H20FN3O2S/c1-15(2)7-4-8-16(3)19(17,18)12-9-10(14)5-6-11(12)13/h5-6,9H,4,7-8,14H2,1-3H3. The molecule has 0 saturated heterocycles. The third kappa shape index (κ3) is 4.15. The van der Waals surface area contributed by atoms with Gasteiger partial charge in [0.05, 0.1) is 0 Å². The van der Waals surface area contributed by atoms with Crippen LogP contribution in [0.25, 0.3) is 0 Å². The van der Waals surface area contributed by atoms with Gasteiger partial charge in [-0.05, 0) is 45.3 Å². The summed E-state index contributed by atoms with van der Waals surface area (Å²) in [5, 5.41) is 0. The number of hydrogen-bond acceptors (Lipinski definition) is 4. The summed E-state index contributed by atoms with van der Waals surface area (Å²) in [4.78, 5) is 1.58. The maximum Gasteiger partial charge on any atom is 0.245 e. The van der Waals surface area contributed by atoms with Crippen LogP contribution in [0.3, 0.4) is 0 Å². The minimum Gasteiger partial charge on any atom is -0.399 e. The van der Waals surface area contributed by atoms with Crippen LogP contribution in [0, 0.1) is 5.82 Å². The van der Waals surface area contributed by atoms with Gasteiger partial charge in [0.25, 0.3) is 0 Å². The number of sulfonamides is 1. The van der Waals surface area contributed by atoms with E-state index < -0.39 is 15.8 Å². The van der Waals surface area contributed by atoms with Crippen LogP contribution in [0.5, 0.6) is 0 Å². The molecule has 0 aliphatic heterocycles. The SMILES string of the molecule is CN(C)CCCN(C)S(=O)(=O)c1cc(N)ccc1F. The van der Waals surface area contributed by atoms with E-state index in [1.165, 1.54) is 13.1 Å². The summed E-state index contributed by atoms with van der Waals surface area (Å²) in [6.07, 6.45) is 0.673. The second kappa shape index (κ2) is 6.31. The van der Waals surface area contributed by atoms with E-state index in [9.17, 15) is 12.8 Å². The first-order chi connectivity index (χ1) is 8.75. The normalized spacial score (nSPS) is 12.3. The average Bonchev–Trinajstić information content (AvgIpc) is 2.31. The van der Waals surface area contributed by atoms with Crippen molar-refractivity contribution >= 4 is 15.7 Å². The third-order valence-electron chi connectivity index (χ3n) is 2.72. The predicted molar refractivity (Wildman–Crippen MR) is 73.8 cm³/mol. The Morgan fingerprint density at radius 3 is 2.42 bits per heavy atom. The van der Waals surface area contributed by atoms with Crippen molar-refractivity contribution in [3.63, 3.8) is 0 Å². The van der Waals surface area contributed by atoms with Crippen molar-refractivity contribution in [2.45, 2.75) is 11.3 Å². The molecule has 0 amide bonds. The minimum absolute atomic E-state index is 0.224. The quantitative estimate of drug-likeness (QED) is 0.793. The van der Waals surface area contributed by atoms with E-state index in [0.717, 1.165) is 23.0 Å². The molecule has 0 bridgehead atoms. The van der Waals surface area contributed by atoms with E-state index in [0.29, 0.717) is 13.0 Å². The molecule has 108 valence electrons. The Hall–Kier alpha value is -1.18. The summed E-state index contributed by atoms with van der Waals surface area (Å²) < 4.78 is 39.1. The van der Waals surface area contributed by atoms with E-state index in [1.807, 2.05) is 19.0 Å². The van der Waals surface area contributed by atoms with E-state index >= 15 is 0 Å². The molecule has 0 aliphatic carbocycles. The van der Waals surface area contributed by atoms with Crippen LogP contribution in [-0.2, 0) is 10.0 Å². The van der Waals surface area contributed by atoms with Crippen LogP contribution in [0.4, 0.5) is 10.1 Å². The molecule has 2 N–H and O–H groups in total. The second-order valence-electron chi connectivity index (χ2n) is 4.67. The number of nitrogens with zero attached hydrogens (tertiary/aromatic N) is 2. The van der Waals surface area contributed by atoms with E-state index in [4.69, 9.17) is 5.73 Å². The first-order valence-electron chi connectivity index (χ1n) is 5.91. The van der Waals surface area contributed by atoms with Crippen molar-refractivity contribution in [1.82, 2.24) is 9.21 Å². The zero-order chi connectivity index (χ0) is 14.6. The highest BCUT2D eigenvalue weighted by Crippen LogP contribution is 2.21. The number of rotatable bonds is 6. The molecule has 0 unspecified atom stereocenters. The monoisotopic (exact) mass is 289 g/mol. The molecule has 0 fully saturated rings. The van der Waals surface area contributed by atoms with Gasteiger partial charge in [-0.2, -0.15) is 0 Å². The van der Waals surface area contributed by atoms with Crippen molar-refractivity contribution in [3.8, 4) is 0 Å². The van der Waals surface area contributed by atoms with Crippen LogP contribution in [0.15, 0.2) is 23.1 Å². The van der Waals surface area contributed by atoms with Crippen LogP contribution >= 0.6 is 0 Å². The zero-order valence-corrected chi connectivity index (χ0v) is 12.2. The largest absolute Gasteiger partial charge is 0.399 e. The molecule has 1 aromatic rings. The van der Waals surface area contributed by atoms with E-state index in [2.05, 4.69) is 0 Å². The predicted octanol–water partition coefficient (Wildman–Crippen LogP) is 0.980. The highest BCUT2D eigenvalue weighted by Gasteiger charge is 2.24. The lowest BCUT2D eigenvalue weighted by Crippen LogP contribution is -2.30. The van der Waals surface area contributed by atoms with Crippen molar-refractivity contribution in [2.75, 3.05) is 40.0 Å². The van der Waals surface area contributed by atoms with Gasteiger partial charge in [-0.25, -0.2) is 17.1 Å². The number of nitrogens with two attached hydrogens (primary N) is 1. The lowest BCUT2D eigenvalue weighted by Gasteiger charge is -2.19. The maximum atomic E-state index is 13.6. The fourth-order valence-corrected chi connectivity index (χ4v) is 2.92. The smallest absolute Gasteiger partial charge is 0.245 e. The zero-order valence-electron chi connectivity index (χ0n) is 11.4. The molecule has 0 aliphatic rings. The lowest BCUT2D eigenvalue weighted by molar-refractivity contribution is 0.369. The van der Waals surface area contributed by atoms with Gasteiger partial charge in [-0.3, -0.25) is 0 Å². The van der Waals surface area contributed by atoms with Gasteiger partial charge in [-0.15, -0.1) is 0 Å². The summed E-state index contributed by atoms with van der Waals surface area (Å²) in [6.45, 7) is 1.09. The summed E-state index contributed by atoms with van der Waals surface area (Å²) in [5.74, 6) is -0.784. The van der Waals surface area contributed by atoms with Gasteiger partial charge >= 0.3 is 0 Å². The van der Waals surface area contributed by atoms with Crippen LogP contribution in [0.1, 0.15) is 6.42 Å². The Balaban J connectivity index is 2.88. The number of halogens is 1. The van der Waals surface area contributed by atoms with Gasteiger partial charge in [0.15, 0.2) is 0 Å². The summed E-state index contributed by atoms with van der Waals surface area (Å²) >= 11 is 0. The number of benzene rings is 1. The minimum atomic E-state index is -3.83. The first kappa shape index (κ1) is 15.9. The van der Waals surface area contributed by atoms with Gasteiger partial charge in [0.1, 0.15) is 10.7 Å². The van der Waals surface area contributed by atoms with Crippen molar-refractivity contribution in [1.29, 1.82) is 0 Å². The van der Waals surface area contributed by atoms with Crippen LogP contribution in [-0.4, -0.2) is 51.9 Å². The highest BCUT2D eigenvalue weighted by molar-refractivity contribution is 7.89. The fourth-order valence-electron chi connectivity index (χ4n) is 1.62. The molecule has 0 heterocycles. The molecule has 0 atom stereocenters. The van der Waals surface area contributed by atoms with Crippen molar-refractivity contribution in [2.24, 2.45) is 0 Å². The molecular formula is C12H20FN3O2S. The Kier molecular flexibility index (Phi) is 5.28. The summed E-state index contributed by atoms with van der Waals surface area (Å²) in [7, 11) is 1.43. The molecule has 0 spiro atoms. The average molecular weight is 289 g/mol. The van der Waals surface area contributed by atoms with Crippen LogP contribution < -0.4 is 5.73 Å². The van der Waals surface area contributed by atoms with Gasteiger partial charge in [0.2, 0.25) is 10.0 Å². The number of anilines is 1. The number of hydrogen-bond donors (Lipinski definition) is 1. The van der Waals surface area contributed by atoms with Gasteiger partial charge < -0.3 is 10.6 Å². The fraction of sp³-hybridized carbons (Fsp3) is 0.500. The van der Waals surface area contributed by atoms with Gasteiger partial charge in [-0.1, -0.05) is 0 Å². The van der Waals surface area contributed by atoms with Gasteiger partial charge in [0, 0.05) is 19.3 Å². The Bertz CT molecular complexity index is 532. The molecule has 0 radical (unpaired) electrons. The topological polar surface area (TPSA) is 66.6 Å². The summed E-state index contributed by atoms with van der Waals surface area (Å²) in [5.41, 5.74) is 5.73. The molecule has 0 saturated carbocycles. The molecule has 1 rings (SSSR count). The highest BCUT2D eigenvalue weighted by atomic mass is 32.2. The van der Waals surface area contributed by atoms with E-state index in [1.54, 1.807) is 0 Å². The van der Waals surface area contributed by atoms with E-state index in [-0.39, 0.29) is 10.6 Å². The van der Waals surface area contributed by atoms with Crippen LogP contribution in [0.2, 0.25) is 0 Å². The second-order valence-corrected chi connectivity index (χ2v) is 6.69. The molecular weight excluding hydrogens is 269 g/mol. The van der Waals surface area contributed by atoms with Crippen molar-refractivity contribution < 1.29 is 12.8 Å². The Morgan fingerprint density at radius 1 is 1.21 bits per heavy atom. The Labute approximate surface area is 113 Å². The molecule has 1 aromatic carbocycles. The molecule has 5 nitrogen and oxygen atoms in total. The molecule has 0 aromatic heterocycles. The third-order valence-corrected chi connectivity index (χ3v) is 4.59. The molecule has 19 heavy (non-hydrogen) atoms. The Morgan fingerprint density at radius 2 is 1.84 bits per heavy atom. The summed E-state index contributed by atoms with van der Waals surface area (Å²) in [6, 6.07) is 3.55. The first-order valence-corrected chi connectivity index (χ1v) is 7.35. The number of nitrogen functional groups attached to an aromatic ring is 1. The lowest BCUT2D eigenvalue weighted by atomic mass is 10.3. The van der Waals surface area contributed by atoms with Crippen molar-refractivity contribution in [3.05, 3.63) is 24.0 Å². The molecule has 7 heteroatoms.